The molecule has 2 rings (SSSR count). The smallest absolute Gasteiger partial charge is 0.365 e. The Labute approximate surface area is 124 Å². The number of hydrogen-bond acceptors (Lipinski definition) is 4. The molecule has 110 valence electrons. The zero-order valence-corrected chi connectivity index (χ0v) is 11.9. The summed E-state index contributed by atoms with van der Waals surface area (Å²) in [6.07, 6.45) is 1.04. The summed E-state index contributed by atoms with van der Waals surface area (Å²) in [5, 5.41) is 0. The monoisotopic (exact) mass is 286 g/mol. The molecule has 0 radical (unpaired) electrons. The van der Waals surface area contributed by atoms with Crippen molar-refractivity contribution in [2.24, 2.45) is 0 Å². The third-order valence-electron chi connectivity index (χ3n) is 2.15. The van der Waals surface area contributed by atoms with Crippen LogP contribution in [0.3, 0.4) is 0 Å². The van der Waals surface area contributed by atoms with Crippen molar-refractivity contribution >= 4 is 5.97 Å². The first kappa shape index (κ1) is 16.5. The number of carbonyl (C=O) groups is 1. The minimum atomic E-state index is -0.563. The molecule has 21 heavy (non-hydrogen) atoms. The van der Waals surface area contributed by atoms with Crippen LogP contribution in [0.15, 0.2) is 73.3 Å². The summed E-state index contributed by atoms with van der Waals surface area (Å²) in [5.41, 5.74) is 0. The van der Waals surface area contributed by atoms with Gasteiger partial charge in [-0.1, -0.05) is 43.0 Å². The first-order valence-electron chi connectivity index (χ1n) is 6.50. The number of hydrogen-bond donors (Lipinski definition) is 0. The number of ether oxygens (including phenoxy) is 1. The Kier molecular flexibility index (Phi) is 8.02. The van der Waals surface area contributed by atoms with Crippen LogP contribution in [0.5, 0.6) is 11.5 Å². The van der Waals surface area contributed by atoms with Gasteiger partial charge < -0.3 is 4.74 Å². The van der Waals surface area contributed by atoms with Crippen LogP contribution in [-0.4, -0.2) is 12.6 Å². The second-order valence-electron chi connectivity index (χ2n) is 3.74. The van der Waals surface area contributed by atoms with Gasteiger partial charge in [-0.05, 0) is 31.2 Å². The minimum absolute atomic E-state index is 0.361. The molecule has 0 saturated carbocycles. The van der Waals surface area contributed by atoms with Gasteiger partial charge in [0.1, 0.15) is 11.5 Å². The normalized spacial score (nSPS) is 9.00. The zero-order chi connectivity index (χ0) is 15.3. The molecule has 0 aromatic heterocycles. The highest BCUT2D eigenvalue weighted by molar-refractivity contribution is 5.80. The molecule has 4 heteroatoms. The van der Waals surface area contributed by atoms with Gasteiger partial charge in [-0.2, -0.15) is 4.89 Å². The Morgan fingerprint density at radius 3 is 1.86 bits per heavy atom. The van der Waals surface area contributed by atoms with E-state index in [1.54, 1.807) is 6.92 Å². The predicted octanol–water partition coefficient (Wildman–Crippen LogP) is 4.15. The molecule has 0 aliphatic rings. The Balaban J connectivity index is 0.000000240. The molecular formula is C17H18O4. The summed E-state index contributed by atoms with van der Waals surface area (Å²) < 4.78 is 5.58. The average Bonchev–Trinajstić information content (AvgIpc) is 2.55. The highest BCUT2D eigenvalue weighted by atomic mass is 17.2. The maximum absolute atomic E-state index is 10.1. The molecule has 0 unspecified atom stereocenters. The van der Waals surface area contributed by atoms with Crippen LogP contribution < -0.4 is 4.74 Å². The second kappa shape index (κ2) is 10.2. The fourth-order valence-electron chi connectivity index (χ4n) is 1.26. The van der Waals surface area contributed by atoms with Crippen LogP contribution in [0.1, 0.15) is 6.92 Å². The van der Waals surface area contributed by atoms with Crippen LogP contribution >= 0.6 is 0 Å². The van der Waals surface area contributed by atoms with Crippen LogP contribution in [-0.2, 0) is 14.6 Å². The van der Waals surface area contributed by atoms with E-state index in [0.29, 0.717) is 6.61 Å². The van der Waals surface area contributed by atoms with Crippen molar-refractivity contribution in [1.29, 1.82) is 0 Å². The zero-order valence-electron chi connectivity index (χ0n) is 11.9. The molecule has 0 saturated heterocycles. The summed E-state index contributed by atoms with van der Waals surface area (Å²) >= 11 is 0. The molecule has 2 aromatic rings. The molecule has 2 aromatic carbocycles. The van der Waals surface area contributed by atoms with E-state index in [9.17, 15) is 4.79 Å². The molecule has 0 heterocycles. The van der Waals surface area contributed by atoms with Gasteiger partial charge in [-0.3, -0.25) is 4.89 Å². The first-order valence-corrected chi connectivity index (χ1v) is 6.50. The SMILES string of the molecule is C=CC(=O)OOCC.c1ccc(Oc2ccccc2)cc1. The quantitative estimate of drug-likeness (QED) is 0.470. The van der Waals surface area contributed by atoms with Gasteiger partial charge in [-0.25, -0.2) is 4.79 Å². The molecule has 0 spiro atoms. The summed E-state index contributed by atoms with van der Waals surface area (Å²) in [6, 6.07) is 19.5. The van der Waals surface area contributed by atoms with E-state index in [1.807, 2.05) is 60.7 Å². The minimum Gasteiger partial charge on any atom is -0.457 e. The lowest BCUT2D eigenvalue weighted by Gasteiger charge is -2.03. The molecule has 0 atom stereocenters. The summed E-state index contributed by atoms with van der Waals surface area (Å²) in [7, 11) is 0. The van der Waals surface area contributed by atoms with E-state index < -0.39 is 5.97 Å². The predicted molar refractivity (Wildman–Crippen MR) is 80.9 cm³/mol. The van der Waals surface area contributed by atoms with Gasteiger partial charge in [0.05, 0.1) is 6.61 Å². The third kappa shape index (κ3) is 7.54. The van der Waals surface area contributed by atoms with Crippen LogP contribution in [0.4, 0.5) is 0 Å². The van der Waals surface area contributed by atoms with E-state index in [-0.39, 0.29) is 0 Å². The van der Waals surface area contributed by atoms with Crippen LogP contribution in [0.2, 0.25) is 0 Å². The number of rotatable bonds is 5. The maximum Gasteiger partial charge on any atom is 0.365 e. The van der Waals surface area contributed by atoms with Crippen molar-refractivity contribution in [2.75, 3.05) is 6.61 Å². The maximum atomic E-state index is 10.1. The van der Waals surface area contributed by atoms with Gasteiger partial charge in [-0.15, -0.1) is 0 Å². The molecule has 0 amide bonds. The van der Waals surface area contributed by atoms with E-state index in [4.69, 9.17) is 4.74 Å². The Hall–Kier alpha value is -2.59. The van der Waals surface area contributed by atoms with Crippen molar-refractivity contribution in [3.05, 3.63) is 73.3 Å². The van der Waals surface area contributed by atoms with Crippen molar-refractivity contribution in [3.8, 4) is 11.5 Å². The highest BCUT2D eigenvalue weighted by Crippen LogP contribution is 2.19. The molecule has 4 nitrogen and oxygen atoms in total. The van der Waals surface area contributed by atoms with Gasteiger partial charge in [0, 0.05) is 6.08 Å². The fraction of sp³-hybridized carbons (Fsp3) is 0.118. The lowest BCUT2D eigenvalue weighted by Crippen LogP contribution is -2.00. The summed E-state index contributed by atoms with van der Waals surface area (Å²) in [5.74, 6) is 1.18. The molecule has 0 aliphatic heterocycles. The Bertz CT molecular complexity index is 486. The van der Waals surface area contributed by atoms with E-state index in [1.165, 1.54) is 0 Å². The van der Waals surface area contributed by atoms with Crippen molar-refractivity contribution in [3.63, 3.8) is 0 Å². The molecule has 0 bridgehead atoms. The third-order valence-corrected chi connectivity index (χ3v) is 2.15. The number of para-hydroxylation sites is 2. The lowest BCUT2D eigenvalue weighted by molar-refractivity contribution is -0.264. The largest absolute Gasteiger partial charge is 0.457 e. The fourth-order valence-corrected chi connectivity index (χ4v) is 1.26. The van der Waals surface area contributed by atoms with Gasteiger partial charge >= 0.3 is 5.97 Å². The number of benzene rings is 2. The highest BCUT2D eigenvalue weighted by Gasteiger charge is 1.92. The Morgan fingerprint density at radius 2 is 1.48 bits per heavy atom. The number of carbonyl (C=O) groups excluding carboxylic acids is 1. The standard InChI is InChI=1S/C12H10O.C5H8O3/c1-3-7-11(8-4-1)13-12-9-5-2-6-10-12;1-3-5(6)8-7-4-2/h1-10H;3H,1,4H2,2H3. The molecular weight excluding hydrogens is 268 g/mol. The van der Waals surface area contributed by atoms with Crippen LogP contribution in [0.25, 0.3) is 0 Å². The topological polar surface area (TPSA) is 44.8 Å². The van der Waals surface area contributed by atoms with Crippen LogP contribution in [0, 0.1) is 0 Å². The Morgan fingerprint density at radius 1 is 1.00 bits per heavy atom. The van der Waals surface area contributed by atoms with Crippen molar-refractivity contribution < 1.29 is 19.3 Å². The first-order chi connectivity index (χ1) is 10.3. The van der Waals surface area contributed by atoms with Gasteiger partial charge in [0.15, 0.2) is 0 Å². The average molecular weight is 286 g/mol. The molecule has 0 N–H and O–H groups in total. The molecule has 0 fully saturated rings. The molecule has 0 aliphatic carbocycles. The van der Waals surface area contributed by atoms with E-state index in [2.05, 4.69) is 16.4 Å². The van der Waals surface area contributed by atoms with E-state index >= 15 is 0 Å². The van der Waals surface area contributed by atoms with Gasteiger partial charge in [0.25, 0.3) is 0 Å². The lowest BCUT2D eigenvalue weighted by atomic mass is 10.3. The summed E-state index contributed by atoms with van der Waals surface area (Å²) in [4.78, 5) is 18.5. The summed E-state index contributed by atoms with van der Waals surface area (Å²) in [6.45, 7) is 5.24. The van der Waals surface area contributed by atoms with E-state index in [0.717, 1.165) is 17.6 Å². The van der Waals surface area contributed by atoms with Crippen molar-refractivity contribution in [2.45, 2.75) is 6.92 Å². The second-order valence-corrected chi connectivity index (χ2v) is 3.74. The van der Waals surface area contributed by atoms with Gasteiger partial charge in [0.2, 0.25) is 0 Å². The van der Waals surface area contributed by atoms with Crippen molar-refractivity contribution in [1.82, 2.24) is 0 Å².